The van der Waals surface area contributed by atoms with Crippen molar-refractivity contribution in [3.05, 3.63) is 24.3 Å². The number of rotatable bonds is 4. The number of aliphatic hydroxyl groups is 1. The molecule has 2 atom stereocenters. The Bertz CT molecular complexity index is 383. The molecule has 2 rings (SSSR count). The van der Waals surface area contributed by atoms with Gasteiger partial charge in [-0.2, -0.15) is 0 Å². The molecule has 0 radical (unpaired) electrons. The van der Waals surface area contributed by atoms with Gasteiger partial charge in [0, 0.05) is 18.0 Å². The van der Waals surface area contributed by atoms with Crippen LogP contribution in [0.25, 0.3) is 0 Å². The van der Waals surface area contributed by atoms with Crippen LogP contribution in [0.15, 0.2) is 24.3 Å². The van der Waals surface area contributed by atoms with Crippen molar-refractivity contribution in [1.82, 2.24) is 0 Å². The fraction of sp³-hybridized carbons (Fsp3) is 0.538. The Kier molecular flexibility index (Phi) is 3.54. The van der Waals surface area contributed by atoms with Crippen LogP contribution in [-0.4, -0.2) is 30.5 Å². The summed E-state index contributed by atoms with van der Waals surface area (Å²) in [7, 11) is 1.63. The lowest BCUT2D eigenvalue weighted by Crippen LogP contribution is -2.41. The summed E-state index contributed by atoms with van der Waals surface area (Å²) in [5, 5.41) is 9.19. The summed E-state index contributed by atoms with van der Waals surface area (Å²) in [5.74, 6) is 1.57. The standard InChI is InChI=1S/C13H19NO3/c1-16-10-3-2-4-11(7-10)17-12-5-6-13(14,8-12)9-15/h2-4,7,12,15H,5-6,8-9,14H2,1H3. The van der Waals surface area contributed by atoms with E-state index in [1.54, 1.807) is 7.11 Å². The van der Waals surface area contributed by atoms with Gasteiger partial charge in [0.2, 0.25) is 0 Å². The van der Waals surface area contributed by atoms with Gasteiger partial charge in [0.05, 0.1) is 13.7 Å². The van der Waals surface area contributed by atoms with Crippen molar-refractivity contribution >= 4 is 0 Å². The van der Waals surface area contributed by atoms with Crippen molar-refractivity contribution in [2.24, 2.45) is 5.73 Å². The van der Waals surface area contributed by atoms with Crippen LogP contribution in [0.3, 0.4) is 0 Å². The highest BCUT2D eigenvalue weighted by Crippen LogP contribution is 2.31. The first kappa shape index (κ1) is 12.2. The summed E-state index contributed by atoms with van der Waals surface area (Å²) in [5.41, 5.74) is 5.54. The maximum Gasteiger partial charge on any atom is 0.123 e. The molecule has 17 heavy (non-hydrogen) atoms. The van der Waals surface area contributed by atoms with Gasteiger partial charge in [0.15, 0.2) is 0 Å². The largest absolute Gasteiger partial charge is 0.497 e. The van der Waals surface area contributed by atoms with Crippen molar-refractivity contribution in [3.8, 4) is 11.5 Å². The molecule has 1 aliphatic carbocycles. The molecule has 1 fully saturated rings. The average molecular weight is 237 g/mol. The summed E-state index contributed by atoms with van der Waals surface area (Å²) < 4.78 is 11.0. The molecule has 0 aromatic heterocycles. The van der Waals surface area contributed by atoms with Gasteiger partial charge in [-0.15, -0.1) is 0 Å². The SMILES string of the molecule is COc1cccc(OC2CCC(N)(CO)C2)c1. The van der Waals surface area contributed by atoms with E-state index < -0.39 is 5.54 Å². The van der Waals surface area contributed by atoms with Gasteiger partial charge in [0.1, 0.15) is 17.6 Å². The number of methoxy groups -OCH3 is 1. The second-order valence-corrected chi connectivity index (χ2v) is 4.68. The van der Waals surface area contributed by atoms with Gasteiger partial charge in [-0.05, 0) is 25.0 Å². The van der Waals surface area contributed by atoms with Gasteiger partial charge in [-0.1, -0.05) is 6.07 Å². The maximum absolute atomic E-state index is 9.19. The Labute approximate surface area is 101 Å². The molecule has 3 N–H and O–H groups in total. The van der Waals surface area contributed by atoms with E-state index in [1.165, 1.54) is 0 Å². The minimum atomic E-state index is -0.469. The van der Waals surface area contributed by atoms with Crippen molar-refractivity contribution in [2.75, 3.05) is 13.7 Å². The van der Waals surface area contributed by atoms with Crippen molar-refractivity contribution in [2.45, 2.75) is 30.9 Å². The number of aliphatic hydroxyl groups excluding tert-OH is 1. The number of ether oxygens (including phenoxy) is 2. The van der Waals surface area contributed by atoms with E-state index in [0.717, 1.165) is 24.3 Å². The van der Waals surface area contributed by atoms with Crippen LogP contribution in [0.4, 0.5) is 0 Å². The Morgan fingerprint density at radius 2 is 2.24 bits per heavy atom. The van der Waals surface area contributed by atoms with Crippen LogP contribution in [0.1, 0.15) is 19.3 Å². The maximum atomic E-state index is 9.19. The molecule has 94 valence electrons. The Morgan fingerprint density at radius 1 is 1.47 bits per heavy atom. The lowest BCUT2D eigenvalue weighted by Gasteiger charge is -2.21. The highest BCUT2D eigenvalue weighted by molar-refractivity contribution is 5.33. The first-order chi connectivity index (χ1) is 8.15. The molecule has 1 aromatic carbocycles. The predicted octanol–water partition coefficient (Wildman–Crippen LogP) is 1.32. The number of nitrogens with two attached hydrogens (primary N) is 1. The molecule has 0 spiro atoms. The molecule has 2 unspecified atom stereocenters. The third-order valence-electron chi connectivity index (χ3n) is 3.26. The van der Waals surface area contributed by atoms with Crippen molar-refractivity contribution in [1.29, 1.82) is 0 Å². The predicted molar refractivity (Wildman–Crippen MR) is 65.3 cm³/mol. The molecule has 1 aliphatic rings. The van der Waals surface area contributed by atoms with Crippen LogP contribution >= 0.6 is 0 Å². The molecule has 4 heteroatoms. The number of hydrogen-bond donors (Lipinski definition) is 2. The summed E-state index contributed by atoms with van der Waals surface area (Å²) in [4.78, 5) is 0. The molecule has 1 aromatic rings. The monoisotopic (exact) mass is 237 g/mol. The van der Waals surface area contributed by atoms with Gasteiger partial charge >= 0.3 is 0 Å². The molecule has 0 heterocycles. The van der Waals surface area contributed by atoms with Crippen LogP contribution in [0.2, 0.25) is 0 Å². The number of hydrogen-bond acceptors (Lipinski definition) is 4. The second kappa shape index (κ2) is 4.94. The third-order valence-corrected chi connectivity index (χ3v) is 3.26. The van der Waals surface area contributed by atoms with Gasteiger partial charge < -0.3 is 20.3 Å². The highest BCUT2D eigenvalue weighted by Gasteiger charge is 2.36. The van der Waals surface area contributed by atoms with E-state index in [-0.39, 0.29) is 12.7 Å². The average Bonchev–Trinajstić information content (AvgIpc) is 2.72. The Hall–Kier alpha value is -1.26. The molecule has 0 saturated heterocycles. The minimum Gasteiger partial charge on any atom is -0.497 e. The van der Waals surface area contributed by atoms with E-state index in [0.29, 0.717) is 6.42 Å². The van der Waals surface area contributed by atoms with E-state index in [2.05, 4.69) is 0 Å². The first-order valence-electron chi connectivity index (χ1n) is 5.86. The minimum absolute atomic E-state index is 0.0188. The van der Waals surface area contributed by atoms with E-state index >= 15 is 0 Å². The molecule has 0 bridgehead atoms. The van der Waals surface area contributed by atoms with Gasteiger partial charge in [0.25, 0.3) is 0 Å². The summed E-state index contributed by atoms with van der Waals surface area (Å²) in [6.45, 7) is 0.0188. The summed E-state index contributed by atoms with van der Waals surface area (Å²) >= 11 is 0. The van der Waals surface area contributed by atoms with Crippen LogP contribution in [0, 0.1) is 0 Å². The molecule has 1 saturated carbocycles. The number of benzene rings is 1. The Morgan fingerprint density at radius 3 is 2.88 bits per heavy atom. The lowest BCUT2D eigenvalue weighted by molar-refractivity contribution is 0.165. The topological polar surface area (TPSA) is 64.7 Å². The molecular formula is C13H19NO3. The van der Waals surface area contributed by atoms with E-state index in [4.69, 9.17) is 15.2 Å². The van der Waals surface area contributed by atoms with Crippen LogP contribution in [0.5, 0.6) is 11.5 Å². The quantitative estimate of drug-likeness (QED) is 0.829. The van der Waals surface area contributed by atoms with E-state index in [9.17, 15) is 5.11 Å². The highest BCUT2D eigenvalue weighted by atomic mass is 16.5. The fourth-order valence-corrected chi connectivity index (χ4v) is 2.22. The summed E-state index contributed by atoms with van der Waals surface area (Å²) in [6.07, 6.45) is 2.46. The van der Waals surface area contributed by atoms with Crippen molar-refractivity contribution in [3.63, 3.8) is 0 Å². The molecule has 4 nitrogen and oxygen atoms in total. The first-order valence-corrected chi connectivity index (χ1v) is 5.86. The Balaban J connectivity index is 1.98. The normalized spacial score (nSPS) is 28.1. The summed E-state index contributed by atoms with van der Waals surface area (Å²) in [6, 6.07) is 7.53. The van der Waals surface area contributed by atoms with E-state index in [1.807, 2.05) is 24.3 Å². The molecular weight excluding hydrogens is 218 g/mol. The van der Waals surface area contributed by atoms with Crippen LogP contribution in [-0.2, 0) is 0 Å². The zero-order chi connectivity index (χ0) is 12.3. The zero-order valence-electron chi connectivity index (χ0n) is 10.1. The molecule has 0 aliphatic heterocycles. The van der Waals surface area contributed by atoms with Crippen LogP contribution < -0.4 is 15.2 Å². The van der Waals surface area contributed by atoms with Gasteiger partial charge in [-0.25, -0.2) is 0 Å². The zero-order valence-corrected chi connectivity index (χ0v) is 10.1. The van der Waals surface area contributed by atoms with Crippen molar-refractivity contribution < 1.29 is 14.6 Å². The van der Waals surface area contributed by atoms with Gasteiger partial charge in [-0.3, -0.25) is 0 Å². The lowest BCUT2D eigenvalue weighted by atomic mass is 10.0. The second-order valence-electron chi connectivity index (χ2n) is 4.68. The third kappa shape index (κ3) is 2.90. The molecule has 0 amide bonds. The smallest absolute Gasteiger partial charge is 0.123 e. The fourth-order valence-electron chi connectivity index (χ4n) is 2.22.